The van der Waals surface area contributed by atoms with E-state index < -0.39 is 5.97 Å². The summed E-state index contributed by atoms with van der Waals surface area (Å²) in [5.74, 6) is -0.711. The van der Waals surface area contributed by atoms with Gasteiger partial charge in [0.05, 0.1) is 6.42 Å². The summed E-state index contributed by atoms with van der Waals surface area (Å²) in [4.78, 5) is 26.9. The van der Waals surface area contributed by atoms with Crippen molar-refractivity contribution in [2.45, 2.75) is 12.8 Å². The highest BCUT2D eigenvalue weighted by molar-refractivity contribution is 5.94. The Balaban J connectivity index is 1.89. The van der Waals surface area contributed by atoms with Gasteiger partial charge in [-0.15, -0.1) is 0 Å². The normalized spacial score (nSPS) is 16.7. The molecule has 1 aromatic rings. The minimum absolute atomic E-state index is 0.0608. The maximum absolute atomic E-state index is 12.3. The molecule has 2 rings (SSSR count). The molecule has 1 N–H and O–H groups in total. The first-order valence-electron chi connectivity index (χ1n) is 6.95. The van der Waals surface area contributed by atoms with Gasteiger partial charge in [-0.1, -0.05) is 18.2 Å². The van der Waals surface area contributed by atoms with Crippen LogP contribution in [-0.4, -0.2) is 59.5 Å². The predicted molar refractivity (Wildman–Crippen MR) is 75.7 cm³/mol. The fourth-order valence-electron chi connectivity index (χ4n) is 2.41. The third-order valence-electron chi connectivity index (χ3n) is 3.54. The molecule has 5 heteroatoms. The molecule has 0 radical (unpaired) electrons. The van der Waals surface area contributed by atoms with Crippen LogP contribution < -0.4 is 0 Å². The SMILES string of the molecule is O=C(O)CCN1CCCN(C(=O)c2ccccc2)CC1. The zero-order valence-electron chi connectivity index (χ0n) is 11.5. The van der Waals surface area contributed by atoms with Gasteiger partial charge in [-0.3, -0.25) is 9.59 Å². The van der Waals surface area contributed by atoms with Gasteiger partial charge in [-0.25, -0.2) is 0 Å². The van der Waals surface area contributed by atoms with Crippen LogP contribution in [0.1, 0.15) is 23.2 Å². The summed E-state index contributed by atoms with van der Waals surface area (Å²) in [5.41, 5.74) is 0.714. The summed E-state index contributed by atoms with van der Waals surface area (Å²) < 4.78 is 0. The third kappa shape index (κ3) is 4.06. The third-order valence-corrected chi connectivity index (χ3v) is 3.54. The second-order valence-corrected chi connectivity index (χ2v) is 5.00. The molecule has 1 fully saturated rings. The number of carboxylic acids is 1. The van der Waals surface area contributed by atoms with Gasteiger partial charge >= 0.3 is 5.97 Å². The zero-order chi connectivity index (χ0) is 14.4. The van der Waals surface area contributed by atoms with E-state index in [1.54, 1.807) is 0 Å². The Morgan fingerprint density at radius 1 is 1.05 bits per heavy atom. The molecular formula is C15H20N2O3. The Bertz CT molecular complexity index is 461. The monoisotopic (exact) mass is 276 g/mol. The lowest BCUT2D eigenvalue weighted by molar-refractivity contribution is -0.137. The van der Waals surface area contributed by atoms with E-state index in [4.69, 9.17) is 5.11 Å². The summed E-state index contributed by atoms with van der Waals surface area (Å²) in [6.45, 7) is 3.55. The lowest BCUT2D eigenvalue weighted by Crippen LogP contribution is -2.35. The average molecular weight is 276 g/mol. The molecule has 0 unspecified atom stereocenters. The minimum Gasteiger partial charge on any atom is -0.481 e. The number of carboxylic acid groups (broad SMARTS) is 1. The van der Waals surface area contributed by atoms with Gasteiger partial charge in [0.25, 0.3) is 5.91 Å². The number of carbonyl (C=O) groups is 2. The number of nitrogens with zero attached hydrogens (tertiary/aromatic N) is 2. The van der Waals surface area contributed by atoms with Gasteiger partial charge in [0.2, 0.25) is 0 Å². The fourth-order valence-corrected chi connectivity index (χ4v) is 2.41. The molecule has 0 atom stereocenters. The van der Waals surface area contributed by atoms with Crippen LogP contribution in [0.25, 0.3) is 0 Å². The Kier molecular flexibility index (Phi) is 5.12. The highest BCUT2D eigenvalue weighted by atomic mass is 16.4. The molecule has 0 bridgehead atoms. The maximum Gasteiger partial charge on any atom is 0.304 e. The highest BCUT2D eigenvalue weighted by Crippen LogP contribution is 2.09. The number of amides is 1. The summed E-state index contributed by atoms with van der Waals surface area (Å²) >= 11 is 0. The van der Waals surface area contributed by atoms with Gasteiger partial charge < -0.3 is 14.9 Å². The van der Waals surface area contributed by atoms with Crippen LogP contribution >= 0.6 is 0 Å². The maximum atomic E-state index is 12.3. The van der Waals surface area contributed by atoms with Gasteiger partial charge in [-0.05, 0) is 25.1 Å². The molecule has 1 amide bonds. The van der Waals surface area contributed by atoms with Crippen LogP contribution in [0.4, 0.5) is 0 Å². The van der Waals surface area contributed by atoms with E-state index in [1.165, 1.54) is 0 Å². The van der Waals surface area contributed by atoms with Crippen LogP contribution in [0, 0.1) is 0 Å². The first-order valence-corrected chi connectivity index (χ1v) is 6.95. The van der Waals surface area contributed by atoms with Gasteiger partial charge in [0.15, 0.2) is 0 Å². The molecule has 5 nitrogen and oxygen atoms in total. The molecule has 1 heterocycles. The number of hydrogen-bond donors (Lipinski definition) is 1. The zero-order valence-corrected chi connectivity index (χ0v) is 11.5. The Morgan fingerprint density at radius 3 is 2.50 bits per heavy atom. The van der Waals surface area contributed by atoms with Crippen molar-refractivity contribution in [1.29, 1.82) is 0 Å². The van der Waals surface area contributed by atoms with Gasteiger partial charge in [-0.2, -0.15) is 0 Å². The van der Waals surface area contributed by atoms with E-state index in [0.29, 0.717) is 18.7 Å². The van der Waals surface area contributed by atoms with Crippen molar-refractivity contribution in [3.8, 4) is 0 Å². The van der Waals surface area contributed by atoms with Crippen LogP contribution in [0.3, 0.4) is 0 Å². The van der Waals surface area contributed by atoms with Gasteiger partial charge in [0.1, 0.15) is 0 Å². The quantitative estimate of drug-likeness (QED) is 0.900. The molecule has 0 saturated carbocycles. The van der Waals surface area contributed by atoms with Crippen molar-refractivity contribution < 1.29 is 14.7 Å². The highest BCUT2D eigenvalue weighted by Gasteiger charge is 2.20. The Morgan fingerprint density at radius 2 is 1.80 bits per heavy atom. The molecule has 1 aliphatic rings. The molecule has 108 valence electrons. The van der Waals surface area contributed by atoms with Crippen LogP contribution in [0.15, 0.2) is 30.3 Å². The molecule has 1 saturated heterocycles. The molecule has 0 aromatic heterocycles. The van der Waals surface area contributed by atoms with Crippen LogP contribution in [-0.2, 0) is 4.79 Å². The summed E-state index contributed by atoms with van der Waals surface area (Å²) in [6.07, 6.45) is 1.05. The fraction of sp³-hybridized carbons (Fsp3) is 0.467. The lowest BCUT2D eigenvalue weighted by Gasteiger charge is -2.21. The van der Waals surface area contributed by atoms with E-state index in [2.05, 4.69) is 4.90 Å². The van der Waals surface area contributed by atoms with E-state index in [9.17, 15) is 9.59 Å². The largest absolute Gasteiger partial charge is 0.481 e. The van der Waals surface area contributed by atoms with Crippen molar-refractivity contribution >= 4 is 11.9 Å². The van der Waals surface area contributed by atoms with E-state index in [-0.39, 0.29) is 12.3 Å². The predicted octanol–water partition coefficient (Wildman–Crippen LogP) is 1.31. The molecular weight excluding hydrogens is 256 g/mol. The smallest absolute Gasteiger partial charge is 0.304 e. The summed E-state index contributed by atoms with van der Waals surface area (Å²) in [5, 5.41) is 8.71. The molecule has 1 aromatic carbocycles. The van der Waals surface area contributed by atoms with Crippen molar-refractivity contribution in [3.05, 3.63) is 35.9 Å². The first-order chi connectivity index (χ1) is 9.66. The lowest BCUT2D eigenvalue weighted by atomic mass is 10.2. The van der Waals surface area contributed by atoms with E-state index in [1.807, 2.05) is 35.2 Å². The number of carbonyl (C=O) groups excluding carboxylic acids is 1. The molecule has 20 heavy (non-hydrogen) atoms. The number of rotatable bonds is 4. The second-order valence-electron chi connectivity index (χ2n) is 5.00. The Labute approximate surface area is 118 Å². The van der Waals surface area contributed by atoms with Crippen molar-refractivity contribution in [3.63, 3.8) is 0 Å². The summed E-state index contributed by atoms with van der Waals surface area (Å²) in [7, 11) is 0. The average Bonchev–Trinajstić information content (AvgIpc) is 2.71. The van der Waals surface area contributed by atoms with Crippen LogP contribution in [0.5, 0.6) is 0 Å². The van der Waals surface area contributed by atoms with Gasteiger partial charge in [0, 0.05) is 31.7 Å². The molecule has 0 aliphatic carbocycles. The van der Waals surface area contributed by atoms with Crippen molar-refractivity contribution in [2.75, 3.05) is 32.7 Å². The molecule has 1 aliphatic heterocycles. The second kappa shape index (κ2) is 7.05. The Hall–Kier alpha value is -1.88. The number of benzene rings is 1. The first kappa shape index (κ1) is 14.5. The minimum atomic E-state index is -0.772. The van der Waals surface area contributed by atoms with Crippen molar-refractivity contribution in [1.82, 2.24) is 9.80 Å². The molecule has 0 spiro atoms. The number of aliphatic carboxylic acids is 1. The van der Waals surface area contributed by atoms with Crippen LogP contribution in [0.2, 0.25) is 0 Å². The van der Waals surface area contributed by atoms with E-state index >= 15 is 0 Å². The topological polar surface area (TPSA) is 60.9 Å². The van der Waals surface area contributed by atoms with E-state index in [0.717, 1.165) is 26.1 Å². The standard InChI is InChI=1S/C15H20N2O3/c18-14(19)7-10-16-8-4-9-17(12-11-16)15(20)13-5-2-1-3-6-13/h1-3,5-6H,4,7-12H2,(H,18,19). The number of hydrogen-bond acceptors (Lipinski definition) is 3. The summed E-state index contributed by atoms with van der Waals surface area (Å²) in [6, 6.07) is 9.28. The van der Waals surface area contributed by atoms with Crippen molar-refractivity contribution in [2.24, 2.45) is 0 Å².